The zero-order chi connectivity index (χ0) is 35.8. The third kappa shape index (κ3) is 14.2. The van der Waals surface area contributed by atoms with Crippen molar-refractivity contribution in [3.05, 3.63) is 73.4 Å². The molecule has 0 aliphatic heterocycles. The Balaban J connectivity index is 0.000000175. The Kier molecular flexibility index (Phi) is 20.6. The Bertz CT molecular complexity index is 1090. The van der Waals surface area contributed by atoms with E-state index in [1.807, 2.05) is 0 Å². The second kappa shape index (κ2) is 24.2. The van der Waals surface area contributed by atoms with Crippen molar-refractivity contribution in [3.8, 4) is 0 Å². The van der Waals surface area contributed by atoms with Crippen LogP contribution in [0.4, 0.5) is 0 Å². The maximum absolute atomic E-state index is 3.96. The van der Waals surface area contributed by atoms with Crippen molar-refractivity contribution in [2.75, 3.05) is 0 Å². The Morgan fingerprint density at radius 2 is 0.769 bits per heavy atom. The molecular formula is C51H81Y-. The van der Waals surface area contributed by atoms with E-state index in [-0.39, 0.29) is 32.7 Å². The smallest absolute Gasteiger partial charge is 0 e. The molecule has 0 unspecified atom stereocenters. The Labute approximate surface area is 349 Å². The summed E-state index contributed by atoms with van der Waals surface area (Å²) >= 11 is 0. The molecule has 1 aromatic rings. The molecule has 0 saturated heterocycles. The summed E-state index contributed by atoms with van der Waals surface area (Å²) in [5.41, 5.74) is 1.54. The Hall–Kier alpha value is -0.456. The van der Waals surface area contributed by atoms with Gasteiger partial charge in [-0.1, -0.05) is 63.8 Å². The molecular weight excluding hydrogens is 701 g/mol. The van der Waals surface area contributed by atoms with Gasteiger partial charge in [0.1, 0.15) is 0 Å². The van der Waals surface area contributed by atoms with Crippen molar-refractivity contribution in [2.45, 2.75) is 181 Å². The fraction of sp³-hybridized carbons (Fsp3) is 0.765. The van der Waals surface area contributed by atoms with Gasteiger partial charge in [0.15, 0.2) is 0 Å². The van der Waals surface area contributed by atoms with E-state index < -0.39 is 0 Å². The number of hydrogen-bond acceptors (Lipinski definition) is 0. The first-order valence-electron chi connectivity index (χ1n) is 22.8. The summed E-state index contributed by atoms with van der Waals surface area (Å²) in [7, 11) is 0. The van der Waals surface area contributed by atoms with Gasteiger partial charge in [0.25, 0.3) is 0 Å². The fourth-order valence-electron chi connectivity index (χ4n) is 11.9. The van der Waals surface area contributed by atoms with E-state index in [0.717, 1.165) is 71.0 Å². The van der Waals surface area contributed by atoms with Gasteiger partial charge in [-0.05, 0) is 206 Å². The zero-order valence-electron chi connectivity index (χ0n) is 34.5. The van der Waals surface area contributed by atoms with Gasteiger partial charge in [0, 0.05) is 32.7 Å². The molecule has 6 saturated carbocycles. The van der Waals surface area contributed by atoms with Crippen molar-refractivity contribution < 1.29 is 32.7 Å². The fourth-order valence-corrected chi connectivity index (χ4v) is 11.9. The largest absolute Gasteiger partial charge is 0.184 e. The minimum Gasteiger partial charge on any atom is -0.184 e. The minimum absolute atomic E-state index is 0. The van der Waals surface area contributed by atoms with Crippen molar-refractivity contribution in [2.24, 2.45) is 65.1 Å². The van der Waals surface area contributed by atoms with Gasteiger partial charge in [-0.3, -0.25) is 0 Å². The van der Waals surface area contributed by atoms with E-state index in [2.05, 4.69) is 88.6 Å². The molecule has 0 spiro atoms. The number of benzene rings is 1. The Morgan fingerprint density at radius 1 is 0.462 bits per heavy atom. The van der Waals surface area contributed by atoms with Crippen molar-refractivity contribution in [3.63, 3.8) is 0 Å². The molecule has 1 radical (unpaired) electrons. The van der Waals surface area contributed by atoms with Crippen LogP contribution < -0.4 is 0 Å². The van der Waals surface area contributed by atoms with Crippen LogP contribution >= 0.6 is 0 Å². The van der Waals surface area contributed by atoms with E-state index in [0.29, 0.717) is 0 Å². The van der Waals surface area contributed by atoms with Crippen LogP contribution in [0.1, 0.15) is 186 Å². The van der Waals surface area contributed by atoms with Gasteiger partial charge in [0.2, 0.25) is 0 Å². The van der Waals surface area contributed by atoms with E-state index in [4.69, 9.17) is 0 Å². The Morgan fingerprint density at radius 3 is 1.10 bits per heavy atom. The van der Waals surface area contributed by atoms with Crippen LogP contribution in [0, 0.1) is 71.2 Å². The van der Waals surface area contributed by atoms with Gasteiger partial charge in [-0.15, -0.1) is 13.2 Å². The summed E-state index contributed by atoms with van der Waals surface area (Å²) in [5.74, 6) is 11.7. The topological polar surface area (TPSA) is 0 Å². The quantitative estimate of drug-likeness (QED) is 0.191. The first kappa shape index (κ1) is 44.3. The standard InChI is InChI=1S/C20H27.C16H28.C15H26.Y/c1-2-16-8-10-18(11-9-16)20-14-12-19(13-15-20)17-6-4-3-5-7-17;1-3-4-14-7-11-16(12-8-14)15-9-5-13(2)6-10-15;1-3-13-6-10-15(11-7-13)14-8-4-12(2)5-9-14;/h2,4-7,16,18-20H,1,8-15H2;3-4,13-16H,5-12H2,1-2H3;3,12-15H,1,4-11H2,2H3;/q-1;;;/b;4-3+;;. The second-order valence-electron chi connectivity index (χ2n) is 19.0. The summed E-state index contributed by atoms with van der Waals surface area (Å²) in [6, 6.07) is 11.8. The predicted octanol–water partition coefficient (Wildman–Crippen LogP) is 15.8. The van der Waals surface area contributed by atoms with Gasteiger partial charge in [0.05, 0.1) is 0 Å². The van der Waals surface area contributed by atoms with Gasteiger partial charge in [-0.25, -0.2) is 0 Å². The van der Waals surface area contributed by atoms with Crippen LogP contribution in [-0.4, -0.2) is 0 Å². The summed E-state index contributed by atoms with van der Waals surface area (Å²) < 4.78 is 0. The summed E-state index contributed by atoms with van der Waals surface area (Å²) in [5, 5.41) is 0. The van der Waals surface area contributed by atoms with E-state index in [1.54, 1.807) is 0 Å². The normalized spacial score (nSPS) is 38.3. The van der Waals surface area contributed by atoms with Crippen LogP contribution in [0.25, 0.3) is 0 Å². The van der Waals surface area contributed by atoms with Crippen LogP contribution in [0.5, 0.6) is 0 Å². The first-order valence-corrected chi connectivity index (χ1v) is 22.8. The summed E-state index contributed by atoms with van der Waals surface area (Å²) in [6.07, 6.45) is 44.2. The average molecular weight is 783 g/mol. The van der Waals surface area contributed by atoms with E-state index in [1.165, 1.54) is 160 Å². The molecule has 6 aliphatic rings. The van der Waals surface area contributed by atoms with Crippen molar-refractivity contribution >= 4 is 0 Å². The number of allylic oxidation sites excluding steroid dienone is 4. The van der Waals surface area contributed by atoms with Crippen LogP contribution in [0.3, 0.4) is 0 Å². The minimum atomic E-state index is 0. The molecule has 52 heavy (non-hydrogen) atoms. The maximum Gasteiger partial charge on any atom is 0 e. The first-order chi connectivity index (χ1) is 24.9. The van der Waals surface area contributed by atoms with Crippen molar-refractivity contribution in [1.82, 2.24) is 0 Å². The molecule has 289 valence electrons. The SMILES string of the molecule is C/C=C/C1CCC(C2CCC(C)CC2)CC1.C=CC1CCC(C2CCC(C)CC2)CC1.C=CC1CCC(C2CCC(c3cc[c-]cc3)CC2)CC1.[Y]. The third-order valence-electron chi connectivity index (χ3n) is 15.7. The zero-order valence-corrected chi connectivity index (χ0v) is 37.3. The number of rotatable bonds is 7. The molecule has 0 amide bonds. The average Bonchev–Trinajstić information content (AvgIpc) is 3.20. The van der Waals surface area contributed by atoms with Crippen LogP contribution in [0.15, 0.2) is 61.7 Å². The molecule has 0 atom stereocenters. The summed E-state index contributed by atoms with van der Waals surface area (Å²) in [4.78, 5) is 0. The second-order valence-corrected chi connectivity index (χ2v) is 19.0. The molecule has 6 fully saturated rings. The molecule has 0 N–H and O–H groups in total. The van der Waals surface area contributed by atoms with Crippen LogP contribution in [0.2, 0.25) is 0 Å². The molecule has 1 heteroatoms. The van der Waals surface area contributed by atoms with Crippen LogP contribution in [-0.2, 0) is 32.7 Å². The monoisotopic (exact) mass is 783 g/mol. The maximum atomic E-state index is 3.96. The number of hydrogen-bond donors (Lipinski definition) is 0. The molecule has 7 rings (SSSR count). The molecule has 0 nitrogen and oxygen atoms in total. The van der Waals surface area contributed by atoms with Crippen molar-refractivity contribution in [1.29, 1.82) is 0 Å². The summed E-state index contributed by atoms with van der Waals surface area (Å²) in [6.45, 7) is 14.9. The predicted molar refractivity (Wildman–Crippen MR) is 224 cm³/mol. The van der Waals surface area contributed by atoms with E-state index in [9.17, 15) is 0 Å². The molecule has 0 heterocycles. The van der Waals surface area contributed by atoms with E-state index >= 15 is 0 Å². The molecule has 1 aromatic carbocycles. The van der Waals surface area contributed by atoms with Gasteiger partial charge in [-0.2, -0.15) is 35.9 Å². The molecule has 0 aromatic heterocycles. The molecule has 6 aliphatic carbocycles. The van der Waals surface area contributed by atoms with Gasteiger partial charge >= 0.3 is 0 Å². The molecule has 0 bridgehead atoms. The third-order valence-corrected chi connectivity index (χ3v) is 15.7. The van der Waals surface area contributed by atoms with Gasteiger partial charge < -0.3 is 0 Å².